The van der Waals surface area contributed by atoms with Crippen LogP contribution in [-0.2, 0) is 11.3 Å². The van der Waals surface area contributed by atoms with Gasteiger partial charge in [-0.1, -0.05) is 24.6 Å². The smallest absolute Gasteiger partial charge is 0.274 e. The predicted octanol–water partition coefficient (Wildman–Crippen LogP) is 2.38. The van der Waals surface area contributed by atoms with Gasteiger partial charge in [0.2, 0.25) is 0 Å². The molecule has 1 aromatic carbocycles. The Morgan fingerprint density at radius 3 is 2.55 bits per heavy atom. The highest BCUT2D eigenvalue weighted by atomic mass is 16.7. The number of aryl methyl sites for hydroxylation is 1. The van der Waals surface area contributed by atoms with Gasteiger partial charge in [0.25, 0.3) is 5.91 Å². The third-order valence-corrected chi connectivity index (χ3v) is 3.27. The average molecular weight is 273 g/mol. The van der Waals surface area contributed by atoms with Gasteiger partial charge >= 0.3 is 0 Å². The summed E-state index contributed by atoms with van der Waals surface area (Å²) in [4.78, 5) is 17.1. The molecule has 2 rings (SSSR count). The van der Waals surface area contributed by atoms with Crippen molar-refractivity contribution in [3.05, 3.63) is 47.3 Å². The van der Waals surface area contributed by atoms with Crippen molar-refractivity contribution >= 4 is 5.91 Å². The Kier molecular flexibility index (Phi) is 4.20. The van der Waals surface area contributed by atoms with Crippen molar-refractivity contribution < 1.29 is 9.63 Å². The van der Waals surface area contributed by atoms with Crippen LogP contribution >= 0.6 is 0 Å². The van der Waals surface area contributed by atoms with Crippen molar-refractivity contribution in [3.63, 3.8) is 0 Å². The van der Waals surface area contributed by atoms with Crippen LogP contribution in [0.25, 0.3) is 5.69 Å². The molecule has 0 unspecified atom stereocenters. The van der Waals surface area contributed by atoms with E-state index in [9.17, 15) is 4.79 Å². The van der Waals surface area contributed by atoms with Gasteiger partial charge in [-0.05, 0) is 25.5 Å². The molecule has 0 N–H and O–H groups in total. The number of hydrogen-bond donors (Lipinski definition) is 0. The maximum Gasteiger partial charge on any atom is 0.280 e. The molecule has 0 bridgehead atoms. The number of rotatable bonds is 4. The standard InChI is InChI=1S/C15H19N3O2/c1-5-14-13(15(19)17(3)20-4)10-16-18(14)12-8-6-11(2)7-9-12/h6-10H,5H2,1-4H3. The SMILES string of the molecule is CCc1c(C(=O)N(C)OC)cnn1-c1ccc(C)cc1. The highest BCUT2D eigenvalue weighted by Crippen LogP contribution is 2.17. The Morgan fingerprint density at radius 2 is 2.00 bits per heavy atom. The molecular formula is C15H19N3O2. The molecule has 0 aliphatic carbocycles. The Labute approximate surface area is 118 Å². The molecule has 0 atom stereocenters. The second-order valence-electron chi connectivity index (χ2n) is 4.59. The van der Waals surface area contributed by atoms with E-state index in [-0.39, 0.29) is 5.91 Å². The predicted molar refractivity (Wildman–Crippen MR) is 76.8 cm³/mol. The minimum absolute atomic E-state index is 0.192. The Bertz CT molecular complexity index is 602. The van der Waals surface area contributed by atoms with Crippen molar-refractivity contribution in [1.29, 1.82) is 0 Å². The van der Waals surface area contributed by atoms with Crippen LogP contribution in [0.1, 0.15) is 28.5 Å². The highest BCUT2D eigenvalue weighted by Gasteiger charge is 2.20. The zero-order chi connectivity index (χ0) is 14.7. The lowest BCUT2D eigenvalue weighted by atomic mass is 10.1. The fraction of sp³-hybridized carbons (Fsp3) is 0.333. The molecule has 0 aliphatic heterocycles. The number of nitrogens with zero attached hydrogens (tertiary/aromatic N) is 3. The number of hydrogen-bond acceptors (Lipinski definition) is 3. The third-order valence-electron chi connectivity index (χ3n) is 3.27. The summed E-state index contributed by atoms with van der Waals surface area (Å²) in [5.41, 5.74) is 3.58. The maximum atomic E-state index is 12.2. The van der Waals surface area contributed by atoms with Crippen LogP contribution in [0.15, 0.2) is 30.5 Å². The van der Waals surface area contributed by atoms with Gasteiger partial charge < -0.3 is 0 Å². The number of hydroxylamine groups is 2. The number of amides is 1. The summed E-state index contributed by atoms with van der Waals surface area (Å²) in [6.07, 6.45) is 2.31. The van der Waals surface area contributed by atoms with Crippen LogP contribution in [-0.4, -0.2) is 34.9 Å². The van der Waals surface area contributed by atoms with E-state index in [4.69, 9.17) is 4.84 Å². The van der Waals surface area contributed by atoms with Crippen molar-refractivity contribution in [1.82, 2.24) is 14.8 Å². The van der Waals surface area contributed by atoms with E-state index in [0.717, 1.165) is 11.4 Å². The second-order valence-corrected chi connectivity index (χ2v) is 4.59. The Hall–Kier alpha value is -2.14. The fourth-order valence-electron chi connectivity index (χ4n) is 2.05. The molecule has 0 saturated heterocycles. The molecular weight excluding hydrogens is 254 g/mol. The lowest BCUT2D eigenvalue weighted by Gasteiger charge is -2.14. The molecule has 0 saturated carbocycles. The average Bonchev–Trinajstić information content (AvgIpc) is 2.90. The van der Waals surface area contributed by atoms with E-state index in [1.165, 1.54) is 17.7 Å². The molecule has 1 aromatic heterocycles. The molecule has 5 heteroatoms. The first kappa shape index (κ1) is 14.3. The van der Waals surface area contributed by atoms with Crippen LogP contribution in [0.5, 0.6) is 0 Å². The molecule has 5 nitrogen and oxygen atoms in total. The quantitative estimate of drug-likeness (QED) is 0.804. The minimum Gasteiger partial charge on any atom is -0.274 e. The summed E-state index contributed by atoms with van der Waals surface area (Å²) in [5, 5.41) is 5.54. The number of benzene rings is 1. The molecule has 0 spiro atoms. The topological polar surface area (TPSA) is 47.4 Å². The zero-order valence-electron chi connectivity index (χ0n) is 12.3. The monoisotopic (exact) mass is 273 g/mol. The molecule has 20 heavy (non-hydrogen) atoms. The van der Waals surface area contributed by atoms with Gasteiger partial charge in [0.05, 0.1) is 30.3 Å². The molecule has 0 aliphatic rings. The largest absolute Gasteiger partial charge is 0.280 e. The van der Waals surface area contributed by atoms with Gasteiger partial charge in [0, 0.05) is 7.05 Å². The summed E-state index contributed by atoms with van der Waals surface area (Å²) in [6, 6.07) is 8.05. The van der Waals surface area contributed by atoms with E-state index in [2.05, 4.69) is 5.10 Å². The van der Waals surface area contributed by atoms with E-state index in [1.807, 2.05) is 38.1 Å². The van der Waals surface area contributed by atoms with Gasteiger partial charge in [-0.2, -0.15) is 5.10 Å². The zero-order valence-corrected chi connectivity index (χ0v) is 12.3. The fourth-order valence-corrected chi connectivity index (χ4v) is 2.05. The lowest BCUT2D eigenvalue weighted by Crippen LogP contribution is -2.26. The van der Waals surface area contributed by atoms with Gasteiger partial charge in [-0.25, -0.2) is 9.75 Å². The summed E-state index contributed by atoms with van der Waals surface area (Å²) in [5.74, 6) is -0.192. The third kappa shape index (κ3) is 2.58. The molecule has 0 radical (unpaired) electrons. The van der Waals surface area contributed by atoms with Gasteiger partial charge in [0.15, 0.2) is 0 Å². The van der Waals surface area contributed by atoms with E-state index >= 15 is 0 Å². The molecule has 1 amide bonds. The van der Waals surface area contributed by atoms with Crippen LogP contribution in [0.4, 0.5) is 0 Å². The van der Waals surface area contributed by atoms with E-state index in [1.54, 1.807) is 17.9 Å². The molecule has 106 valence electrons. The van der Waals surface area contributed by atoms with E-state index < -0.39 is 0 Å². The Balaban J connectivity index is 2.44. The van der Waals surface area contributed by atoms with Crippen LogP contribution in [0, 0.1) is 6.92 Å². The van der Waals surface area contributed by atoms with Crippen LogP contribution in [0.3, 0.4) is 0 Å². The normalized spacial score (nSPS) is 10.6. The minimum atomic E-state index is -0.192. The second kappa shape index (κ2) is 5.88. The highest BCUT2D eigenvalue weighted by molar-refractivity contribution is 5.94. The summed E-state index contributed by atoms with van der Waals surface area (Å²) < 4.78 is 1.80. The van der Waals surface area contributed by atoms with Crippen molar-refractivity contribution in [2.75, 3.05) is 14.2 Å². The van der Waals surface area contributed by atoms with Gasteiger partial charge in [-0.15, -0.1) is 0 Å². The van der Waals surface area contributed by atoms with Crippen molar-refractivity contribution in [2.24, 2.45) is 0 Å². The van der Waals surface area contributed by atoms with Crippen LogP contribution in [0.2, 0.25) is 0 Å². The lowest BCUT2D eigenvalue weighted by molar-refractivity contribution is -0.0757. The first-order chi connectivity index (χ1) is 9.58. The van der Waals surface area contributed by atoms with Gasteiger partial charge in [-0.3, -0.25) is 9.63 Å². The van der Waals surface area contributed by atoms with Crippen LogP contribution < -0.4 is 0 Å². The number of aromatic nitrogens is 2. The summed E-state index contributed by atoms with van der Waals surface area (Å²) in [6.45, 7) is 4.04. The van der Waals surface area contributed by atoms with Gasteiger partial charge in [0.1, 0.15) is 0 Å². The Morgan fingerprint density at radius 1 is 1.35 bits per heavy atom. The van der Waals surface area contributed by atoms with E-state index in [0.29, 0.717) is 12.0 Å². The number of carbonyl (C=O) groups is 1. The summed E-state index contributed by atoms with van der Waals surface area (Å²) >= 11 is 0. The number of carbonyl (C=O) groups excluding carboxylic acids is 1. The van der Waals surface area contributed by atoms with Crippen molar-refractivity contribution in [3.8, 4) is 5.69 Å². The first-order valence-electron chi connectivity index (χ1n) is 6.54. The molecule has 2 aromatic rings. The maximum absolute atomic E-state index is 12.2. The first-order valence-corrected chi connectivity index (χ1v) is 6.54. The summed E-state index contributed by atoms with van der Waals surface area (Å²) in [7, 11) is 3.05. The molecule has 0 fully saturated rings. The molecule has 1 heterocycles. The van der Waals surface area contributed by atoms with Crippen molar-refractivity contribution in [2.45, 2.75) is 20.3 Å².